The van der Waals surface area contributed by atoms with Crippen molar-refractivity contribution in [3.8, 4) is 0 Å². The molecule has 0 unspecified atom stereocenters. The Balaban J connectivity index is 1.91. The number of methoxy groups -OCH3 is 1. The number of sulfonamides is 1. The topological polar surface area (TPSA) is 84.5 Å². The lowest BCUT2D eigenvalue weighted by Gasteiger charge is -2.13. The van der Waals surface area contributed by atoms with Crippen LogP contribution in [-0.4, -0.2) is 41.1 Å². The van der Waals surface area contributed by atoms with Gasteiger partial charge in [-0.1, -0.05) is 17.7 Å². The second-order valence-corrected chi connectivity index (χ2v) is 8.15. The highest BCUT2D eigenvalue weighted by atomic mass is 32.2. The Morgan fingerprint density at radius 2 is 2.08 bits per heavy atom. The van der Waals surface area contributed by atoms with Gasteiger partial charge in [0.2, 0.25) is 10.0 Å². The Morgan fingerprint density at radius 3 is 2.81 bits per heavy atom. The fourth-order valence-corrected chi connectivity index (χ4v) is 3.96. The molecule has 1 aromatic rings. The number of carbonyl (C=O) groups is 1. The molecule has 0 saturated carbocycles. The van der Waals surface area contributed by atoms with Gasteiger partial charge in [-0.25, -0.2) is 13.1 Å². The van der Waals surface area contributed by atoms with Gasteiger partial charge < -0.3 is 10.1 Å². The standard InChI is InChI=1S/C19H28N2O4S/c1-25-14-6-12-20-19(22)17-9-5-10-18(15-17)26(23,24)21-13-11-16-7-3-2-4-8-16/h5,7,9-10,15,21H,2-4,6,8,11-14H2,1H3,(H,20,22). The van der Waals surface area contributed by atoms with Crippen LogP contribution in [0.4, 0.5) is 0 Å². The Labute approximate surface area is 156 Å². The van der Waals surface area contributed by atoms with Crippen molar-refractivity contribution < 1.29 is 17.9 Å². The summed E-state index contributed by atoms with van der Waals surface area (Å²) in [4.78, 5) is 12.2. The van der Waals surface area contributed by atoms with Gasteiger partial charge in [0.05, 0.1) is 4.90 Å². The zero-order chi connectivity index (χ0) is 18.8. The predicted molar refractivity (Wildman–Crippen MR) is 102 cm³/mol. The van der Waals surface area contributed by atoms with E-state index in [1.807, 2.05) is 0 Å². The summed E-state index contributed by atoms with van der Waals surface area (Å²) in [5, 5.41) is 2.76. The number of hydrogen-bond donors (Lipinski definition) is 2. The molecule has 0 aromatic heterocycles. The number of hydrogen-bond acceptors (Lipinski definition) is 4. The van der Waals surface area contributed by atoms with E-state index >= 15 is 0 Å². The predicted octanol–water partition coefficient (Wildman–Crippen LogP) is 2.62. The third-order valence-corrected chi connectivity index (χ3v) is 5.80. The van der Waals surface area contributed by atoms with Gasteiger partial charge in [0.1, 0.15) is 0 Å². The molecule has 2 rings (SSSR count). The van der Waals surface area contributed by atoms with Crippen LogP contribution in [0.25, 0.3) is 0 Å². The van der Waals surface area contributed by atoms with Crippen LogP contribution in [0.15, 0.2) is 40.8 Å². The van der Waals surface area contributed by atoms with E-state index in [0.29, 0.717) is 31.7 Å². The van der Waals surface area contributed by atoms with Gasteiger partial charge >= 0.3 is 0 Å². The molecule has 0 bridgehead atoms. The van der Waals surface area contributed by atoms with E-state index in [0.717, 1.165) is 19.3 Å². The van der Waals surface area contributed by atoms with Crippen LogP contribution in [0, 0.1) is 0 Å². The van der Waals surface area contributed by atoms with E-state index in [9.17, 15) is 13.2 Å². The second-order valence-electron chi connectivity index (χ2n) is 6.39. The molecule has 2 N–H and O–H groups in total. The molecule has 0 atom stereocenters. The smallest absolute Gasteiger partial charge is 0.251 e. The number of allylic oxidation sites excluding steroid dienone is 1. The summed E-state index contributed by atoms with van der Waals surface area (Å²) in [5.41, 5.74) is 1.66. The van der Waals surface area contributed by atoms with Crippen molar-refractivity contribution in [1.29, 1.82) is 0 Å². The van der Waals surface area contributed by atoms with Crippen LogP contribution in [0.1, 0.15) is 48.9 Å². The van der Waals surface area contributed by atoms with Crippen molar-refractivity contribution in [2.45, 2.75) is 43.4 Å². The summed E-state index contributed by atoms with van der Waals surface area (Å²) >= 11 is 0. The molecule has 1 aliphatic rings. The monoisotopic (exact) mass is 380 g/mol. The highest BCUT2D eigenvalue weighted by Crippen LogP contribution is 2.20. The molecule has 0 spiro atoms. The molecule has 1 aromatic carbocycles. The molecule has 0 heterocycles. The maximum atomic E-state index is 12.5. The Kier molecular flexibility index (Phi) is 8.28. The maximum absolute atomic E-state index is 12.5. The van der Waals surface area contributed by atoms with Crippen LogP contribution in [0.3, 0.4) is 0 Å². The van der Waals surface area contributed by atoms with E-state index in [4.69, 9.17) is 4.74 Å². The van der Waals surface area contributed by atoms with E-state index in [2.05, 4.69) is 16.1 Å². The van der Waals surface area contributed by atoms with Crippen molar-refractivity contribution in [2.75, 3.05) is 26.8 Å². The summed E-state index contributed by atoms with van der Waals surface area (Å²) in [5.74, 6) is -0.287. The third-order valence-electron chi connectivity index (χ3n) is 4.34. The first-order valence-corrected chi connectivity index (χ1v) is 10.6. The molecule has 7 heteroatoms. The lowest BCUT2D eigenvalue weighted by molar-refractivity contribution is 0.0948. The number of amides is 1. The second kappa shape index (κ2) is 10.4. The van der Waals surface area contributed by atoms with Gasteiger partial charge in [0.15, 0.2) is 0 Å². The summed E-state index contributed by atoms with van der Waals surface area (Å²) in [7, 11) is -2.02. The SMILES string of the molecule is COCCCNC(=O)c1cccc(S(=O)(=O)NCCC2=CCCCC2)c1. The van der Waals surface area contributed by atoms with Gasteiger partial charge in [0.25, 0.3) is 5.91 Å². The van der Waals surface area contributed by atoms with Crippen molar-refractivity contribution in [2.24, 2.45) is 0 Å². The molecule has 144 valence electrons. The van der Waals surface area contributed by atoms with Crippen molar-refractivity contribution in [3.63, 3.8) is 0 Å². The van der Waals surface area contributed by atoms with Crippen LogP contribution in [0.5, 0.6) is 0 Å². The Bertz CT molecular complexity index is 729. The van der Waals surface area contributed by atoms with Crippen LogP contribution < -0.4 is 10.0 Å². The van der Waals surface area contributed by atoms with E-state index in [1.165, 1.54) is 30.5 Å². The number of benzene rings is 1. The van der Waals surface area contributed by atoms with Gasteiger partial charge in [-0.05, 0) is 56.7 Å². The van der Waals surface area contributed by atoms with E-state index in [-0.39, 0.29) is 10.8 Å². The third kappa shape index (κ3) is 6.55. The molecule has 0 aliphatic heterocycles. The minimum Gasteiger partial charge on any atom is -0.385 e. The molecule has 1 amide bonds. The van der Waals surface area contributed by atoms with Crippen LogP contribution in [0.2, 0.25) is 0 Å². The molecule has 0 fully saturated rings. The van der Waals surface area contributed by atoms with Crippen LogP contribution >= 0.6 is 0 Å². The summed E-state index contributed by atoms with van der Waals surface area (Å²) < 4.78 is 32.5. The van der Waals surface area contributed by atoms with Gasteiger partial charge in [0, 0.05) is 32.4 Å². The van der Waals surface area contributed by atoms with Gasteiger partial charge in [-0.2, -0.15) is 0 Å². The van der Waals surface area contributed by atoms with Gasteiger partial charge in [-0.3, -0.25) is 4.79 Å². The normalized spacial score (nSPS) is 14.7. The lowest BCUT2D eigenvalue weighted by atomic mass is 9.97. The van der Waals surface area contributed by atoms with Crippen molar-refractivity contribution >= 4 is 15.9 Å². The largest absolute Gasteiger partial charge is 0.385 e. The number of ether oxygens (including phenoxy) is 1. The average molecular weight is 381 g/mol. The number of rotatable bonds is 10. The molecule has 0 radical (unpaired) electrons. The number of carbonyl (C=O) groups excluding carboxylic acids is 1. The fourth-order valence-electron chi connectivity index (χ4n) is 2.89. The summed E-state index contributed by atoms with van der Waals surface area (Å²) in [6.45, 7) is 1.42. The lowest BCUT2D eigenvalue weighted by Crippen LogP contribution is -2.27. The molecular formula is C19H28N2O4S. The zero-order valence-electron chi connectivity index (χ0n) is 15.3. The molecule has 1 aliphatic carbocycles. The maximum Gasteiger partial charge on any atom is 0.251 e. The Hall–Kier alpha value is -1.70. The van der Waals surface area contributed by atoms with E-state index in [1.54, 1.807) is 19.2 Å². The molecule has 26 heavy (non-hydrogen) atoms. The van der Waals surface area contributed by atoms with Crippen LogP contribution in [-0.2, 0) is 14.8 Å². The van der Waals surface area contributed by atoms with E-state index < -0.39 is 10.0 Å². The zero-order valence-corrected chi connectivity index (χ0v) is 16.1. The van der Waals surface area contributed by atoms with Crippen molar-refractivity contribution in [1.82, 2.24) is 10.0 Å². The fraction of sp³-hybridized carbons (Fsp3) is 0.526. The first kappa shape index (κ1) is 20.6. The Morgan fingerprint density at radius 1 is 1.23 bits per heavy atom. The minimum absolute atomic E-state index is 0.111. The average Bonchev–Trinajstić information content (AvgIpc) is 2.66. The summed E-state index contributed by atoms with van der Waals surface area (Å²) in [6, 6.07) is 6.11. The summed E-state index contributed by atoms with van der Waals surface area (Å²) in [6.07, 6.45) is 8.20. The first-order valence-electron chi connectivity index (χ1n) is 9.08. The van der Waals surface area contributed by atoms with Gasteiger partial charge in [-0.15, -0.1) is 0 Å². The highest BCUT2D eigenvalue weighted by molar-refractivity contribution is 7.89. The highest BCUT2D eigenvalue weighted by Gasteiger charge is 2.16. The quantitative estimate of drug-likeness (QED) is 0.483. The minimum atomic E-state index is -3.62. The molecule has 6 nitrogen and oxygen atoms in total. The van der Waals surface area contributed by atoms with Crippen molar-refractivity contribution in [3.05, 3.63) is 41.5 Å². The first-order chi connectivity index (χ1) is 12.5. The number of nitrogens with one attached hydrogen (secondary N) is 2. The molecular weight excluding hydrogens is 352 g/mol. The molecule has 0 saturated heterocycles.